The number of sulfone groups is 1. The average Bonchev–Trinajstić information content (AvgIpc) is 3.00. The van der Waals surface area contributed by atoms with Crippen LogP contribution in [0.25, 0.3) is 0 Å². The molecule has 1 fully saturated rings. The largest absolute Gasteiger partial charge is 0.481 e. The summed E-state index contributed by atoms with van der Waals surface area (Å²) in [6.45, 7) is -0.181. The van der Waals surface area contributed by atoms with Crippen LogP contribution in [0, 0.1) is 5.41 Å². The van der Waals surface area contributed by atoms with E-state index in [1.807, 2.05) is 0 Å². The molecule has 1 aliphatic carbocycles. The topological polar surface area (TPSA) is 97.5 Å². The Morgan fingerprint density at radius 3 is 2.28 bits per heavy atom. The number of aliphatic carboxylic acids is 1. The highest BCUT2D eigenvalue weighted by molar-refractivity contribution is 7.91. The first-order valence-corrected chi connectivity index (χ1v) is 7.48. The number of rotatable bonds is 4. The summed E-state index contributed by atoms with van der Waals surface area (Å²) in [5.74, 6) is -1.70. The summed E-state index contributed by atoms with van der Waals surface area (Å²) in [6, 6.07) is 8.80. The maximum absolute atomic E-state index is 11.7. The molecular weight excluding hydrogens is 254 g/mol. The third-order valence-corrected chi connectivity index (χ3v) is 5.23. The van der Waals surface area contributed by atoms with Crippen LogP contribution in [0.4, 0.5) is 0 Å². The lowest BCUT2D eigenvalue weighted by Crippen LogP contribution is -2.31. The van der Waals surface area contributed by atoms with Crippen LogP contribution in [0.1, 0.15) is 11.5 Å². The van der Waals surface area contributed by atoms with Crippen molar-refractivity contribution in [3.8, 4) is 0 Å². The maximum atomic E-state index is 11.7. The molecule has 0 aromatic heterocycles. The zero-order valence-corrected chi connectivity index (χ0v) is 10.7. The fourth-order valence-electron chi connectivity index (χ4n) is 2.75. The molecule has 1 aromatic rings. The van der Waals surface area contributed by atoms with Crippen LogP contribution < -0.4 is 5.73 Å². The highest BCUT2D eigenvalue weighted by Crippen LogP contribution is 2.62. The molecule has 0 aliphatic heterocycles. The highest BCUT2D eigenvalue weighted by Gasteiger charge is 2.74. The molecule has 0 saturated heterocycles. The Morgan fingerprint density at radius 1 is 1.39 bits per heavy atom. The van der Waals surface area contributed by atoms with E-state index in [0.717, 1.165) is 6.26 Å². The first-order valence-electron chi connectivity index (χ1n) is 5.53. The van der Waals surface area contributed by atoms with E-state index in [4.69, 9.17) is 5.73 Å². The molecule has 0 spiro atoms. The lowest BCUT2D eigenvalue weighted by molar-refractivity contribution is -0.143. The Labute approximate surface area is 106 Å². The van der Waals surface area contributed by atoms with Crippen molar-refractivity contribution in [1.29, 1.82) is 0 Å². The Balaban J connectivity index is 2.51. The minimum absolute atomic E-state index is 0.181. The minimum atomic E-state index is -3.45. The molecule has 3 N–H and O–H groups in total. The summed E-state index contributed by atoms with van der Waals surface area (Å²) >= 11 is 0. The number of carboxylic acids is 1. The van der Waals surface area contributed by atoms with Crippen LogP contribution in [0.5, 0.6) is 0 Å². The number of hydrogen-bond acceptors (Lipinski definition) is 4. The van der Waals surface area contributed by atoms with Crippen LogP contribution >= 0.6 is 0 Å². The number of carboxylic acid groups (broad SMARTS) is 1. The molecule has 5 nitrogen and oxygen atoms in total. The van der Waals surface area contributed by atoms with Crippen molar-refractivity contribution in [3.05, 3.63) is 35.9 Å². The van der Waals surface area contributed by atoms with Gasteiger partial charge in [0, 0.05) is 18.7 Å². The van der Waals surface area contributed by atoms with Gasteiger partial charge in [0.2, 0.25) is 0 Å². The van der Waals surface area contributed by atoms with Crippen molar-refractivity contribution in [3.63, 3.8) is 0 Å². The number of hydrogen-bond donors (Lipinski definition) is 2. The number of carbonyl (C=O) groups is 1. The minimum Gasteiger partial charge on any atom is -0.481 e. The molecule has 2 rings (SSSR count). The second-order valence-corrected chi connectivity index (χ2v) is 6.86. The third-order valence-electron chi connectivity index (χ3n) is 3.61. The van der Waals surface area contributed by atoms with Gasteiger partial charge < -0.3 is 10.8 Å². The van der Waals surface area contributed by atoms with Crippen molar-refractivity contribution >= 4 is 15.8 Å². The zero-order valence-electron chi connectivity index (χ0n) is 9.91. The smallest absolute Gasteiger partial charge is 0.312 e. The van der Waals surface area contributed by atoms with E-state index in [9.17, 15) is 18.3 Å². The summed E-state index contributed by atoms with van der Waals surface area (Å²) in [5.41, 5.74) is 4.87. The van der Waals surface area contributed by atoms with Gasteiger partial charge in [-0.1, -0.05) is 30.3 Å². The van der Waals surface area contributed by atoms with Gasteiger partial charge in [0.15, 0.2) is 9.84 Å². The second kappa shape index (κ2) is 4.07. The van der Waals surface area contributed by atoms with Crippen molar-refractivity contribution in [2.75, 3.05) is 12.8 Å². The Bertz CT molecular complexity index is 569. The Hall–Kier alpha value is -1.40. The van der Waals surface area contributed by atoms with E-state index in [1.165, 1.54) is 0 Å². The summed E-state index contributed by atoms with van der Waals surface area (Å²) in [4.78, 5) is 11.4. The van der Waals surface area contributed by atoms with E-state index < -0.39 is 32.4 Å². The van der Waals surface area contributed by atoms with Gasteiger partial charge in [-0.25, -0.2) is 8.42 Å². The standard InChI is InChI=1S/C12H15NO4S/c1-18(16,17)10-9(8-5-3-2-4-6-8)12(10,7-13)11(14)15/h2-6,9-10H,7,13H2,1H3,(H,14,15)/t9-,10+,12-/m1/s1. The quantitative estimate of drug-likeness (QED) is 0.815. The Morgan fingerprint density at radius 2 is 1.94 bits per heavy atom. The van der Waals surface area contributed by atoms with E-state index in [0.29, 0.717) is 5.56 Å². The molecule has 0 radical (unpaired) electrons. The van der Waals surface area contributed by atoms with Crippen molar-refractivity contribution in [1.82, 2.24) is 0 Å². The van der Waals surface area contributed by atoms with Gasteiger partial charge in [-0.2, -0.15) is 0 Å². The monoisotopic (exact) mass is 269 g/mol. The first-order chi connectivity index (χ1) is 8.35. The SMILES string of the molecule is CS(=O)(=O)[C@H]1[C@@H](c2ccccc2)[C@@]1(CN)C(=O)O. The lowest BCUT2D eigenvalue weighted by Gasteiger charge is -2.08. The molecule has 1 saturated carbocycles. The van der Waals surface area contributed by atoms with Gasteiger partial charge in [0.1, 0.15) is 5.41 Å². The third kappa shape index (κ3) is 1.72. The van der Waals surface area contributed by atoms with Gasteiger partial charge in [0.05, 0.1) is 5.25 Å². The van der Waals surface area contributed by atoms with E-state index >= 15 is 0 Å². The van der Waals surface area contributed by atoms with Gasteiger partial charge in [0.25, 0.3) is 0 Å². The summed E-state index contributed by atoms with van der Waals surface area (Å²) in [7, 11) is -3.45. The molecule has 1 aromatic carbocycles. The molecule has 18 heavy (non-hydrogen) atoms. The van der Waals surface area contributed by atoms with Crippen LogP contribution in [0.2, 0.25) is 0 Å². The van der Waals surface area contributed by atoms with Crippen molar-refractivity contribution in [2.24, 2.45) is 11.1 Å². The fraction of sp³-hybridized carbons (Fsp3) is 0.417. The van der Waals surface area contributed by atoms with Crippen molar-refractivity contribution in [2.45, 2.75) is 11.2 Å². The normalized spacial score (nSPS) is 31.0. The molecule has 0 unspecified atom stereocenters. The average molecular weight is 269 g/mol. The summed E-state index contributed by atoms with van der Waals surface area (Å²) < 4.78 is 23.5. The van der Waals surface area contributed by atoms with Gasteiger partial charge >= 0.3 is 5.97 Å². The van der Waals surface area contributed by atoms with Crippen LogP contribution in [-0.4, -0.2) is 37.5 Å². The summed E-state index contributed by atoms with van der Waals surface area (Å²) in [6.07, 6.45) is 1.06. The van der Waals surface area contributed by atoms with Gasteiger partial charge in [-0.05, 0) is 5.56 Å². The fourth-order valence-corrected chi connectivity index (χ4v) is 4.68. The molecule has 98 valence electrons. The second-order valence-electron chi connectivity index (χ2n) is 4.69. The molecular formula is C12H15NO4S. The molecule has 3 atom stereocenters. The zero-order chi connectivity index (χ0) is 13.6. The Kier molecular flexibility index (Phi) is 2.95. The van der Waals surface area contributed by atoms with E-state index in [2.05, 4.69) is 0 Å². The van der Waals surface area contributed by atoms with Crippen LogP contribution in [-0.2, 0) is 14.6 Å². The summed E-state index contributed by atoms with van der Waals surface area (Å²) in [5, 5.41) is 8.39. The molecule has 1 aliphatic rings. The lowest BCUT2D eigenvalue weighted by atomic mass is 9.99. The predicted molar refractivity (Wildman–Crippen MR) is 66.9 cm³/mol. The van der Waals surface area contributed by atoms with E-state index in [-0.39, 0.29) is 6.54 Å². The first kappa shape index (κ1) is 13.0. The molecule has 6 heteroatoms. The highest BCUT2D eigenvalue weighted by atomic mass is 32.2. The maximum Gasteiger partial charge on any atom is 0.312 e. The van der Waals surface area contributed by atoms with E-state index in [1.54, 1.807) is 30.3 Å². The number of nitrogens with two attached hydrogens (primary N) is 1. The van der Waals surface area contributed by atoms with Gasteiger partial charge in [-0.3, -0.25) is 4.79 Å². The van der Waals surface area contributed by atoms with Crippen LogP contribution in [0.3, 0.4) is 0 Å². The molecule has 0 amide bonds. The number of benzene rings is 1. The molecule has 0 heterocycles. The predicted octanol–water partition coefficient (Wildman–Crippen LogP) is 0.227. The van der Waals surface area contributed by atoms with Gasteiger partial charge in [-0.15, -0.1) is 0 Å². The molecule has 0 bridgehead atoms. The van der Waals surface area contributed by atoms with Crippen molar-refractivity contribution < 1.29 is 18.3 Å². The van der Waals surface area contributed by atoms with Crippen LogP contribution in [0.15, 0.2) is 30.3 Å².